The molecule has 0 spiro atoms. The zero-order valence-corrected chi connectivity index (χ0v) is 21.7. The lowest BCUT2D eigenvalue weighted by atomic mass is 10.1. The highest BCUT2D eigenvalue weighted by molar-refractivity contribution is 5.91. The molecular weight excluding hydrogens is 470 g/mol. The van der Waals surface area contributed by atoms with Gasteiger partial charge in [0, 0.05) is 25.3 Å². The smallest absolute Gasteiger partial charge is 0.414 e. The minimum Gasteiger partial charge on any atom is -0.443 e. The second kappa shape index (κ2) is 10.7. The number of benzene rings is 2. The quantitative estimate of drug-likeness (QED) is 0.391. The minimum atomic E-state index is -0.587. The molecule has 0 aliphatic heterocycles. The molecule has 2 aromatic carbocycles. The van der Waals surface area contributed by atoms with Gasteiger partial charge in [-0.3, -0.25) is 9.69 Å². The Morgan fingerprint density at radius 2 is 1.76 bits per heavy atom. The van der Waals surface area contributed by atoms with Gasteiger partial charge in [0.15, 0.2) is 5.65 Å². The lowest BCUT2D eigenvalue weighted by Gasteiger charge is -2.25. The Labute approximate surface area is 215 Å². The molecule has 1 amide bonds. The van der Waals surface area contributed by atoms with E-state index in [4.69, 9.17) is 9.57 Å². The molecule has 1 N–H and O–H groups in total. The maximum absolute atomic E-state index is 13.0. The van der Waals surface area contributed by atoms with Crippen molar-refractivity contribution in [3.63, 3.8) is 0 Å². The van der Waals surface area contributed by atoms with Crippen molar-refractivity contribution in [2.75, 3.05) is 17.3 Å². The van der Waals surface area contributed by atoms with Gasteiger partial charge in [-0.25, -0.2) is 14.8 Å². The van der Waals surface area contributed by atoms with E-state index < -0.39 is 11.7 Å². The van der Waals surface area contributed by atoms with Gasteiger partial charge >= 0.3 is 6.09 Å². The lowest BCUT2D eigenvalue weighted by molar-refractivity contribution is 0.0589. The molecule has 0 saturated heterocycles. The molecule has 9 nitrogen and oxygen atoms in total. The van der Waals surface area contributed by atoms with Gasteiger partial charge in [-0.2, -0.15) is 0 Å². The summed E-state index contributed by atoms with van der Waals surface area (Å²) in [4.78, 5) is 41.5. The zero-order chi connectivity index (χ0) is 26.6. The third kappa shape index (κ3) is 6.24. The summed E-state index contributed by atoms with van der Waals surface area (Å²) in [6.45, 7) is 7.98. The number of pyridine rings is 1. The van der Waals surface area contributed by atoms with Crippen LogP contribution < -0.4 is 20.6 Å². The summed E-state index contributed by atoms with van der Waals surface area (Å²) < 4.78 is 6.67. The van der Waals surface area contributed by atoms with Gasteiger partial charge in [0.25, 0.3) is 5.56 Å². The Hall–Kier alpha value is -4.40. The molecule has 0 bridgehead atoms. The molecule has 37 heavy (non-hydrogen) atoms. The SMILES string of the molecule is Cc1ncnc2c1c(NCc1cccc(N(C)C(=O)OC(C)(C)C)c1)cc(=O)n2OCc1ccccc1. The molecule has 9 heteroatoms. The summed E-state index contributed by atoms with van der Waals surface area (Å²) in [7, 11) is 1.67. The number of hydrogen-bond donors (Lipinski definition) is 1. The normalized spacial score (nSPS) is 11.3. The molecule has 2 heterocycles. The molecule has 0 radical (unpaired) electrons. The van der Waals surface area contributed by atoms with Crippen LogP contribution >= 0.6 is 0 Å². The molecule has 0 unspecified atom stereocenters. The second-order valence-electron chi connectivity index (χ2n) is 9.67. The van der Waals surface area contributed by atoms with Gasteiger partial charge < -0.3 is 14.9 Å². The molecule has 0 aliphatic rings. The number of hydrogen-bond acceptors (Lipinski definition) is 7. The molecule has 0 aliphatic carbocycles. The Bertz CT molecular complexity index is 1460. The molecule has 0 saturated carbocycles. The number of nitrogens with one attached hydrogen (secondary N) is 1. The molecule has 192 valence electrons. The highest BCUT2D eigenvalue weighted by atomic mass is 16.7. The molecular formula is C28H31N5O4. The summed E-state index contributed by atoms with van der Waals surface area (Å²) in [5, 5.41) is 4.03. The van der Waals surface area contributed by atoms with Gasteiger partial charge in [-0.15, -0.1) is 4.73 Å². The van der Waals surface area contributed by atoms with Crippen molar-refractivity contribution in [2.45, 2.75) is 46.4 Å². The van der Waals surface area contributed by atoms with Crippen LogP contribution in [-0.2, 0) is 17.9 Å². The van der Waals surface area contributed by atoms with Crippen LogP contribution in [0.5, 0.6) is 0 Å². The number of rotatable bonds is 7. The average molecular weight is 502 g/mol. The first-order valence-corrected chi connectivity index (χ1v) is 12.0. The van der Waals surface area contributed by atoms with Crippen LogP contribution in [0.25, 0.3) is 11.0 Å². The number of fused-ring (bicyclic) bond motifs is 1. The van der Waals surface area contributed by atoms with E-state index in [1.165, 1.54) is 22.0 Å². The van der Waals surface area contributed by atoms with Gasteiger partial charge in [0.1, 0.15) is 18.5 Å². The molecule has 0 atom stereocenters. The maximum Gasteiger partial charge on any atom is 0.414 e. The second-order valence-corrected chi connectivity index (χ2v) is 9.67. The molecule has 4 rings (SSSR count). The summed E-state index contributed by atoms with van der Waals surface area (Å²) in [6, 6.07) is 18.6. The van der Waals surface area contributed by atoms with E-state index in [9.17, 15) is 9.59 Å². The summed E-state index contributed by atoms with van der Waals surface area (Å²) in [6.07, 6.45) is 0.981. The van der Waals surface area contributed by atoms with Crippen LogP contribution in [0.2, 0.25) is 0 Å². The predicted octanol–water partition coefficient (Wildman–Crippen LogP) is 4.71. The number of amides is 1. The first-order chi connectivity index (χ1) is 17.6. The van der Waals surface area contributed by atoms with Crippen LogP contribution in [0.4, 0.5) is 16.2 Å². The number of carbonyl (C=O) groups excluding carboxylic acids is 1. The van der Waals surface area contributed by atoms with Gasteiger partial charge in [0.05, 0.1) is 16.8 Å². The summed E-state index contributed by atoms with van der Waals surface area (Å²) in [5.74, 6) is 0. The van der Waals surface area contributed by atoms with Crippen LogP contribution in [0.3, 0.4) is 0 Å². The van der Waals surface area contributed by atoms with Crippen molar-refractivity contribution in [3.05, 3.63) is 94.2 Å². The molecule has 0 fully saturated rings. The van der Waals surface area contributed by atoms with E-state index in [1.807, 2.05) is 82.3 Å². The fourth-order valence-electron chi connectivity index (χ4n) is 3.77. The summed E-state index contributed by atoms with van der Waals surface area (Å²) >= 11 is 0. The Kier molecular flexibility index (Phi) is 7.42. The summed E-state index contributed by atoms with van der Waals surface area (Å²) in [5.41, 5.74) is 3.32. The fraction of sp³-hybridized carbons (Fsp3) is 0.286. The number of carbonyl (C=O) groups is 1. The van der Waals surface area contributed by atoms with E-state index in [1.54, 1.807) is 7.05 Å². The van der Waals surface area contributed by atoms with Gasteiger partial charge in [-0.1, -0.05) is 42.5 Å². The number of ether oxygens (including phenoxy) is 1. The zero-order valence-electron chi connectivity index (χ0n) is 21.7. The van der Waals surface area contributed by atoms with Crippen LogP contribution in [-0.4, -0.2) is 33.4 Å². The number of aryl methyl sites for hydroxylation is 1. The van der Waals surface area contributed by atoms with Crippen LogP contribution in [0, 0.1) is 6.92 Å². The predicted molar refractivity (Wildman–Crippen MR) is 144 cm³/mol. The van der Waals surface area contributed by atoms with Crippen molar-refractivity contribution < 1.29 is 14.4 Å². The third-order valence-electron chi connectivity index (χ3n) is 5.60. The first-order valence-electron chi connectivity index (χ1n) is 12.0. The van der Waals surface area contributed by atoms with Crippen molar-refractivity contribution in [2.24, 2.45) is 0 Å². The lowest BCUT2D eigenvalue weighted by Crippen LogP contribution is -2.34. The van der Waals surface area contributed by atoms with E-state index in [0.29, 0.717) is 34.6 Å². The van der Waals surface area contributed by atoms with E-state index in [2.05, 4.69) is 15.3 Å². The highest BCUT2D eigenvalue weighted by Gasteiger charge is 2.21. The Balaban J connectivity index is 1.57. The largest absolute Gasteiger partial charge is 0.443 e. The first kappa shape index (κ1) is 25.7. The van der Waals surface area contributed by atoms with Crippen molar-refractivity contribution in [1.29, 1.82) is 0 Å². The molecule has 2 aromatic heterocycles. The van der Waals surface area contributed by atoms with E-state index in [0.717, 1.165) is 11.1 Å². The van der Waals surface area contributed by atoms with Crippen molar-refractivity contribution in [1.82, 2.24) is 14.7 Å². The number of nitrogens with zero attached hydrogens (tertiary/aromatic N) is 4. The Morgan fingerprint density at radius 1 is 1.03 bits per heavy atom. The standard InChI is InChI=1S/C28H31N5O4/c1-19-25-23(29-16-21-12-9-13-22(14-21)32(5)27(35)37-28(2,3)4)15-24(34)33(26(25)31-18-30-19)36-17-20-10-7-6-8-11-20/h6-15,18,29H,16-17H2,1-5H3. The van der Waals surface area contributed by atoms with E-state index >= 15 is 0 Å². The Morgan fingerprint density at radius 3 is 2.49 bits per heavy atom. The minimum absolute atomic E-state index is 0.226. The van der Waals surface area contributed by atoms with Crippen molar-refractivity contribution >= 4 is 28.5 Å². The fourth-order valence-corrected chi connectivity index (χ4v) is 3.77. The van der Waals surface area contributed by atoms with Gasteiger partial charge in [-0.05, 0) is 51.0 Å². The highest BCUT2D eigenvalue weighted by Crippen LogP contribution is 2.24. The van der Waals surface area contributed by atoms with Crippen LogP contribution in [0.1, 0.15) is 37.6 Å². The third-order valence-corrected chi connectivity index (χ3v) is 5.60. The topological polar surface area (TPSA) is 98.6 Å². The maximum atomic E-state index is 13.0. The van der Waals surface area contributed by atoms with Crippen molar-refractivity contribution in [3.8, 4) is 0 Å². The van der Waals surface area contributed by atoms with E-state index in [-0.39, 0.29) is 12.2 Å². The number of aromatic nitrogens is 3. The average Bonchev–Trinajstić information content (AvgIpc) is 2.86. The molecule has 4 aromatic rings. The van der Waals surface area contributed by atoms with Crippen LogP contribution in [0.15, 0.2) is 71.8 Å². The monoisotopic (exact) mass is 501 g/mol. The van der Waals surface area contributed by atoms with Gasteiger partial charge in [0.2, 0.25) is 0 Å². The number of anilines is 2.